The number of hydrogen-bond donors (Lipinski definition) is 1. The SMILES string of the molecule is COC(=O)c1ccc(C)c(Nc2nc(=O)c(OC)cn2Cc2ccccc2)c1. The second-order valence-electron chi connectivity index (χ2n) is 6.20. The molecule has 0 bridgehead atoms. The maximum atomic E-state index is 12.2. The van der Waals surface area contributed by atoms with Crippen molar-refractivity contribution in [1.29, 1.82) is 0 Å². The maximum absolute atomic E-state index is 12.2. The predicted octanol–water partition coefficient (Wildman–Crippen LogP) is 3.14. The van der Waals surface area contributed by atoms with Crippen molar-refractivity contribution in [3.8, 4) is 5.75 Å². The van der Waals surface area contributed by atoms with Crippen LogP contribution >= 0.6 is 0 Å². The van der Waals surface area contributed by atoms with E-state index in [2.05, 4.69) is 10.3 Å². The van der Waals surface area contributed by atoms with Gasteiger partial charge in [-0.25, -0.2) is 4.79 Å². The molecule has 0 aliphatic carbocycles. The molecule has 0 saturated carbocycles. The first-order chi connectivity index (χ1) is 13.5. The molecule has 7 nitrogen and oxygen atoms in total. The second kappa shape index (κ2) is 8.39. The van der Waals surface area contributed by atoms with Crippen molar-refractivity contribution < 1.29 is 14.3 Å². The van der Waals surface area contributed by atoms with Crippen LogP contribution < -0.4 is 15.6 Å². The van der Waals surface area contributed by atoms with Crippen molar-refractivity contribution in [2.75, 3.05) is 19.5 Å². The molecule has 144 valence electrons. The molecule has 7 heteroatoms. The summed E-state index contributed by atoms with van der Waals surface area (Å²) >= 11 is 0. The molecule has 1 N–H and O–H groups in total. The van der Waals surface area contributed by atoms with Gasteiger partial charge in [-0.15, -0.1) is 0 Å². The van der Waals surface area contributed by atoms with Gasteiger partial charge >= 0.3 is 11.5 Å². The van der Waals surface area contributed by atoms with E-state index in [0.29, 0.717) is 23.7 Å². The van der Waals surface area contributed by atoms with Crippen LogP contribution in [0.3, 0.4) is 0 Å². The average molecular weight is 379 g/mol. The molecule has 0 unspecified atom stereocenters. The van der Waals surface area contributed by atoms with Gasteiger partial charge < -0.3 is 19.4 Å². The van der Waals surface area contributed by atoms with Crippen LogP contribution in [-0.4, -0.2) is 29.7 Å². The zero-order chi connectivity index (χ0) is 20.1. The number of carbonyl (C=O) groups excluding carboxylic acids is 1. The van der Waals surface area contributed by atoms with E-state index >= 15 is 0 Å². The van der Waals surface area contributed by atoms with Gasteiger partial charge in [0.25, 0.3) is 0 Å². The van der Waals surface area contributed by atoms with Gasteiger partial charge in [-0.1, -0.05) is 36.4 Å². The molecule has 0 aliphatic rings. The number of esters is 1. The van der Waals surface area contributed by atoms with Gasteiger partial charge in [-0.3, -0.25) is 4.79 Å². The van der Waals surface area contributed by atoms with Crippen molar-refractivity contribution in [3.05, 3.63) is 81.8 Å². The number of hydrogen-bond acceptors (Lipinski definition) is 6. The van der Waals surface area contributed by atoms with Crippen molar-refractivity contribution >= 4 is 17.6 Å². The summed E-state index contributed by atoms with van der Waals surface area (Å²) in [6.07, 6.45) is 1.62. The van der Waals surface area contributed by atoms with Gasteiger partial charge in [0.05, 0.1) is 32.5 Å². The molecule has 0 saturated heterocycles. The number of aryl methyl sites for hydroxylation is 1. The fourth-order valence-electron chi connectivity index (χ4n) is 2.74. The molecular weight excluding hydrogens is 358 g/mol. The summed E-state index contributed by atoms with van der Waals surface area (Å²) in [5.41, 5.74) is 2.51. The highest BCUT2D eigenvalue weighted by molar-refractivity contribution is 5.91. The highest BCUT2D eigenvalue weighted by atomic mass is 16.5. The van der Waals surface area contributed by atoms with E-state index < -0.39 is 11.5 Å². The lowest BCUT2D eigenvalue weighted by Gasteiger charge is -2.17. The smallest absolute Gasteiger partial charge is 0.337 e. The van der Waals surface area contributed by atoms with Gasteiger partial charge in [0, 0.05) is 5.69 Å². The molecule has 0 aliphatic heterocycles. The fourth-order valence-corrected chi connectivity index (χ4v) is 2.74. The summed E-state index contributed by atoms with van der Waals surface area (Å²) in [5.74, 6) is 0.0636. The lowest BCUT2D eigenvalue weighted by molar-refractivity contribution is 0.0601. The number of aromatic nitrogens is 2. The Kier molecular flexibility index (Phi) is 5.74. The van der Waals surface area contributed by atoms with Crippen LogP contribution in [0, 0.1) is 6.92 Å². The van der Waals surface area contributed by atoms with Gasteiger partial charge in [0.1, 0.15) is 0 Å². The Balaban J connectivity index is 2.02. The standard InChI is InChI=1S/C21H21N3O4/c1-14-9-10-16(20(26)28-3)11-17(14)22-21-23-19(25)18(27-2)13-24(21)12-15-7-5-4-6-8-15/h4-11,13H,12H2,1-3H3,(H,22,23,25). The van der Waals surface area contributed by atoms with Crippen LogP contribution in [0.25, 0.3) is 0 Å². The Morgan fingerprint density at radius 1 is 1.14 bits per heavy atom. The van der Waals surface area contributed by atoms with Gasteiger partial charge in [-0.2, -0.15) is 4.98 Å². The zero-order valence-corrected chi connectivity index (χ0v) is 15.9. The van der Waals surface area contributed by atoms with Crippen molar-refractivity contribution in [1.82, 2.24) is 9.55 Å². The third-order valence-corrected chi connectivity index (χ3v) is 4.28. The summed E-state index contributed by atoms with van der Waals surface area (Å²) in [5, 5.41) is 3.16. The first kappa shape index (κ1) is 19.2. The van der Waals surface area contributed by atoms with E-state index in [1.54, 1.807) is 29.0 Å². The highest BCUT2D eigenvalue weighted by Gasteiger charge is 2.13. The Morgan fingerprint density at radius 2 is 1.89 bits per heavy atom. The van der Waals surface area contributed by atoms with Crippen LogP contribution in [0.1, 0.15) is 21.5 Å². The van der Waals surface area contributed by atoms with Crippen molar-refractivity contribution in [2.24, 2.45) is 0 Å². The minimum Gasteiger partial charge on any atom is -0.490 e. The summed E-state index contributed by atoms with van der Waals surface area (Å²) in [4.78, 5) is 28.2. The number of carbonyl (C=O) groups is 1. The highest BCUT2D eigenvalue weighted by Crippen LogP contribution is 2.22. The average Bonchev–Trinajstić information content (AvgIpc) is 2.71. The summed E-state index contributed by atoms with van der Waals surface area (Å²) in [6, 6.07) is 15.0. The van der Waals surface area contributed by atoms with Crippen molar-refractivity contribution in [2.45, 2.75) is 13.5 Å². The van der Waals surface area contributed by atoms with E-state index in [4.69, 9.17) is 9.47 Å². The van der Waals surface area contributed by atoms with Gasteiger partial charge in [0.15, 0.2) is 0 Å². The lowest BCUT2D eigenvalue weighted by atomic mass is 10.1. The number of nitrogens with one attached hydrogen (secondary N) is 1. The molecule has 0 fully saturated rings. The third-order valence-electron chi connectivity index (χ3n) is 4.28. The van der Waals surface area contributed by atoms with Crippen molar-refractivity contribution in [3.63, 3.8) is 0 Å². The van der Waals surface area contributed by atoms with E-state index in [9.17, 15) is 9.59 Å². The Morgan fingerprint density at radius 3 is 2.57 bits per heavy atom. The van der Waals surface area contributed by atoms with Crippen LogP contribution in [0.5, 0.6) is 5.75 Å². The fraction of sp³-hybridized carbons (Fsp3) is 0.190. The monoisotopic (exact) mass is 379 g/mol. The molecule has 0 amide bonds. The number of benzene rings is 2. The lowest BCUT2D eigenvalue weighted by Crippen LogP contribution is -2.19. The van der Waals surface area contributed by atoms with E-state index in [1.807, 2.05) is 37.3 Å². The number of nitrogens with zero attached hydrogens (tertiary/aromatic N) is 2. The molecule has 2 aromatic carbocycles. The molecule has 28 heavy (non-hydrogen) atoms. The third kappa shape index (κ3) is 4.20. The van der Waals surface area contributed by atoms with E-state index in [1.165, 1.54) is 14.2 Å². The molecule has 1 aromatic heterocycles. The first-order valence-corrected chi connectivity index (χ1v) is 8.67. The normalized spacial score (nSPS) is 10.4. The van der Waals surface area contributed by atoms with E-state index in [0.717, 1.165) is 11.1 Å². The molecule has 3 rings (SSSR count). The summed E-state index contributed by atoms with van der Waals surface area (Å²) in [7, 11) is 2.76. The molecular formula is C21H21N3O4. The minimum atomic E-state index is -0.476. The molecule has 0 spiro atoms. The molecule has 3 aromatic rings. The Labute approximate surface area is 162 Å². The maximum Gasteiger partial charge on any atom is 0.337 e. The van der Waals surface area contributed by atoms with Crippen LogP contribution in [0.15, 0.2) is 59.5 Å². The summed E-state index contributed by atoms with van der Waals surface area (Å²) in [6.45, 7) is 2.38. The van der Waals surface area contributed by atoms with Crippen LogP contribution in [0.2, 0.25) is 0 Å². The molecule has 0 atom stereocenters. The quantitative estimate of drug-likeness (QED) is 0.663. The van der Waals surface area contributed by atoms with Gasteiger partial charge in [0.2, 0.25) is 11.7 Å². The number of anilines is 2. The summed E-state index contributed by atoms with van der Waals surface area (Å²) < 4.78 is 11.7. The molecule has 0 radical (unpaired) electrons. The first-order valence-electron chi connectivity index (χ1n) is 8.67. The number of rotatable bonds is 6. The predicted molar refractivity (Wildman–Crippen MR) is 106 cm³/mol. The topological polar surface area (TPSA) is 82.4 Å². The molecule has 1 heterocycles. The number of ether oxygens (including phenoxy) is 2. The second-order valence-corrected chi connectivity index (χ2v) is 6.20. The Bertz CT molecular complexity index is 1050. The van der Waals surface area contributed by atoms with Gasteiger partial charge in [-0.05, 0) is 30.2 Å². The number of methoxy groups -OCH3 is 2. The van der Waals surface area contributed by atoms with E-state index in [-0.39, 0.29) is 5.75 Å². The van der Waals surface area contributed by atoms with Crippen LogP contribution in [-0.2, 0) is 11.3 Å². The minimum absolute atomic E-state index is 0.154. The Hall–Kier alpha value is -3.61. The largest absolute Gasteiger partial charge is 0.490 e. The van der Waals surface area contributed by atoms with Crippen LogP contribution in [0.4, 0.5) is 11.6 Å². The zero-order valence-electron chi connectivity index (χ0n) is 15.9.